The van der Waals surface area contributed by atoms with Crippen molar-refractivity contribution in [3.05, 3.63) is 40.1 Å². The summed E-state index contributed by atoms with van der Waals surface area (Å²) in [7, 11) is 8.53. The highest BCUT2D eigenvalue weighted by Gasteiger charge is 2.35. The normalized spacial score (nSPS) is 13.1. The maximum absolute atomic E-state index is 12.7. The molecule has 0 aliphatic heterocycles. The molecule has 0 fully saturated rings. The van der Waals surface area contributed by atoms with Gasteiger partial charge in [0.2, 0.25) is 5.75 Å². The summed E-state index contributed by atoms with van der Waals surface area (Å²) in [4.78, 5) is 14.8. The first kappa shape index (κ1) is 21.1. The minimum Gasteiger partial charge on any atom is -0.493 e. The third kappa shape index (κ3) is 4.20. The van der Waals surface area contributed by atoms with E-state index in [1.807, 2.05) is 19.5 Å². The molecule has 0 radical (unpaired) electrons. The van der Waals surface area contributed by atoms with Crippen LogP contribution in [0.25, 0.3) is 0 Å². The van der Waals surface area contributed by atoms with Crippen molar-refractivity contribution in [1.29, 1.82) is 0 Å². The molecule has 0 aliphatic rings. The summed E-state index contributed by atoms with van der Waals surface area (Å²) in [6, 6.07) is 5.26. The molecule has 0 saturated carbocycles. The predicted molar refractivity (Wildman–Crippen MR) is 106 cm³/mol. The van der Waals surface area contributed by atoms with Gasteiger partial charge < -0.3 is 18.9 Å². The Hall–Kier alpha value is -2.25. The Bertz CT molecular complexity index is 735. The van der Waals surface area contributed by atoms with Crippen LogP contribution in [0.5, 0.6) is 17.2 Å². The smallest absolute Gasteiger partial charge is 0.338 e. The van der Waals surface area contributed by atoms with E-state index in [2.05, 4.69) is 23.3 Å². The standard InChI is InChI=1S/C20H27NO5S/c1-7-20(21(2)3,15-8-9-27-12-15)13-26-19(22)14-10-16(23-4)18(25-6)17(11-14)24-5/h8-12H,7,13H2,1-6H3. The van der Waals surface area contributed by atoms with E-state index in [1.165, 1.54) is 21.3 Å². The molecule has 27 heavy (non-hydrogen) atoms. The molecular formula is C20H27NO5S. The number of ether oxygens (including phenoxy) is 4. The van der Waals surface area contributed by atoms with Crippen molar-refractivity contribution in [2.75, 3.05) is 42.0 Å². The number of hydrogen-bond donors (Lipinski definition) is 0. The lowest BCUT2D eigenvalue weighted by atomic mass is 9.89. The van der Waals surface area contributed by atoms with Gasteiger partial charge in [-0.2, -0.15) is 11.3 Å². The second kappa shape index (κ2) is 9.10. The lowest BCUT2D eigenvalue weighted by molar-refractivity contribution is 0.0120. The van der Waals surface area contributed by atoms with Crippen LogP contribution in [0.3, 0.4) is 0 Å². The lowest BCUT2D eigenvalue weighted by Crippen LogP contribution is -2.45. The predicted octanol–water partition coefficient (Wildman–Crippen LogP) is 3.80. The van der Waals surface area contributed by atoms with E-state index in [-0.39, 0.29) is 12.1 Å². The summed E-state index contributed by atoms with van der Waals surface area (Å²) in [6.07, 6.45) is 0.805. The number of methoxy groups -OCH3 is 3. The summed E-state index contributed by atoms with van der Waals surface area (Å²) >= 11 is 1.63. The molecule has 0 aliphatic carbocycles. The van der Waals surface area contributed by atoms with Crippen LogP contribution < -0.4 is 14.2 Å². The Morgan fingerprint density at radius 1 is 1.11 bits per heavy atom. The molecule has 0 bridgehead atoms. The molecule has 0 N–H and O–H groups in total. The van der Waals surface area contributed by atoms with Gasteiger partial charge in [0.1, 0.15) is 6.61 Å². The van der Waals surface area contributed by atoms with Gasteiger partial charge in [0, 0.05) is 0 Å². The van der Waals surface area contributed by atoms with Gasteiger partial charge in [-0.15, -0.1) is 0 Å². The van der Waals surface area contributed by atoms with Gasteiger partial charge in [0.15, 0.2) is 11.5 Å². The van der Waals surface area contributed by atoms with Gasteiger partial charge in [-0.25, -0.2) is 4.79 Å². The van der Waals surface area contributed by atoms with Crippen molar-refractivity contribution < 1.29 is 23.7 Å². The molecule has 6 nitrogen and oxygen atoms in total. The van der Waals surface area contributed by atoms with E-state index < -0.39 is 5.97 Å². The Kier molecular flexibility index (Phi) is 7.10. The fourth-order valence-corrected chi connectivity index (χ4v) is 3.84. The molecule has 0 saturated heterocycles. The Morgan fingerprint density at radius 2 is 1.74 bits per heavy atom. The van der Waals surface area contributed by atoms with Crippen LogP contribution in [-0.4, -0.2) is 52.9 Å². The van der Waals surface area contributed by atoms with Crippen molar-refractivity contribution >= 4 is 17.3 Å². The molecule has 148 valence electrons. The second-order valence-corrected chi connectivity index (χ2v) is 7.06. The zero-order valence-electron chi connectivity index (χ0n) is 16.7. The fraction of sp³-hybridized carbons (Fsp3) is 0.450. The number of carbonyl (C=O) groups is 1. The summed E-state index contributed by atoms with van der Waals surface area (Å²) in [5.41, 5.74) is 1.10. The van der Waals surface area contributed by atoms with Crippen molar-refractivity contribution in [3.63, 3.8) is 0 Å². The van der Waals surface area contributed by atoms with Crippen LogP contribution in [-0.2, 0) is 10.3 Å². The highest BCUT2D eigenvalue weighted by molar-refractivity contribution is 7.08. The zero-order valence-corrected chi connectivity index (χ0v) is 17.5. The number of hydrogen-bond acceptors (Lipinski definition) is 7. The zero-order chi connectivity index (χ0) is 20.0. The first-order valence-electron chi connectivity index (χ1n) is 8.60. The van der Waals surface area contributed by atoms with Crippen molar-refractivity contribution in [2.45, 2.75) is 18.9 Å². The summed E-state index contributed by atoms with van der Waals surface area (Å²) in [5.74, 6) is 0.821. The second-order valence-electron chi connectivity index (χ2n) is 6.28. The number of rotatable bonds is 9. The number of thiophene rings is 1. The third-order valence-electron chi connectivity index (χ3n) is 4.84. The van der Waals surface area contributed by atoms with E-state index >= 15 is 0 Å². The van der Waals surface area contributed by atoms with Crippen LogP contribution in [0, 0.1) is 0 Å². The Morgan fingerprint density at radius 3 is 2.15 bits per heavy atom. The van der Waals surface area contributed by atoms with E-state index in [1.54, 1.807) is 23.5 Å². The molecule has 1 atom stereocenters. The molecule has 7 heteroatoms. The lowest BCUT2D eigenvalue weighted by Gasteiger charge is -2.38. The Labute approximate surface area is 164 Å². The first-order chi connectivity index (χ1) is 12.9. The first-order valence-corrected chi connectivity index (χ1v) is 9.55. The third-order valence-corrected chi connectivity index (χ3v) is 5.53. The van der Waals surface area contributed by atoms with Crippen LogP contribution >= 0.6 is 11.3 Å². The average Bonchev–Trinajstić information content (AvgIpc) is 3.22. The van der Waals surface area contributed by atoms with Gasteiger partial charge in [-0.3, -0.25) is 4.90 Å². The minimum absolute atomic E-state index is 0.239. The van der Waals surface area contributed by atoms with Gasteiger partial charge in [-0.1, -0.05) is 6.92 Å². The summed E-state index contributed by atoms with van der Waals surface area (Å²) in [5, 5.41) is 4.13. The number of benzene rings is 1. The molecule has 1 unspecified atom stereocenters. The number of esters is 1. The summed E-state index contributed by atoms with van der Waals surface area (Å²) in [6.45, 7) is 2.33. The maximum atomic E-state index is 12.7. The molecule has 2 aromatic rings. The highest BCUT2D eigenvalue weighted by atomic mass is 32.1. The number of carbonyl (C=O) groups excluding carboxylic acids is 1. The van der Waals surface area contributed by atoms with E-state index in [0.717, 1.165) is 12.0 Å². The Balaban J connectivity index is 2.28. The SMILES string of the molecule is CCC(COC(=O)c1cc(OC)c(OC)c(OC)c1)(c1ccsc1)N(C)C. The molecule has 1 heterocycles. The molecule has 0 amide bonds. The molecule has 1 aromatic heterocycles. The van der Waals surface area contributed by atoms with E-state index in [4.69, 9.17) is 18.9 Å². The van der Waals surface area contributed by atoms with Gasteiger partial charge >= 0.3 is 5.97 Å². The topological polar surface area (TPSA) is 57.2 Å². The largest absolute Gasteiger partial charge is 0.493 e. The fourth-order valence-electron chi connectivity index (χ4n) is 3.09. The highest BCUT2D eigenvalue weighted by Crippen LogP contribution is 2.39. The van der Waals surface area contributed by atoms with Crippen molar-refractivity contribution in [2.24, 2.45) is 0 Å². The number of likely N-dealkylation sites (N-methyl/N-ethyl adjacent to an activating group) is 1. The molecule has 1 aromatic carbocycles. The van der Waals surface area contributed by atoms with Gasteiger partial charge in [0.05, 0.1) is 32.4 Å². The van der Waals surface area contributed by atoms with E-state index in [0.29, 0.717) is 22.8 Å². The molecule has 2 rings (SSSR count). The van der Waals surface area contributed by atoms with Gasteiger partial charge in [0.25, 0.3) is 0 Å². The van der Waals surface area contributed by atoms with Gasteiger partial charge in [-0.05, 0) is 55.0 Å². The quantitative estimate of drug-likeness (QED) is 0.604. The van der Waals surface area contributed by atoms with Crippen LogP contribution in [0.4, 0.5) is 0 Å². The van der Waals surface area contributed by atoms with Crippen LogP contribution in [0.2, 0.25) is 0 Å². The monoisotopic (exact) mass is 393 g/mol. The average molecular weight is 394 g/mol. The number of nitrogens with zero attached hydrogens (tertiary/aromatic N) is 1. The van der Waals surface area contributed by atoms with Crippen molar-refractivity contribution in [1.82, 2.24) is 4.90 Å². The molecular weight excluding hydrogens is 366 g/mol. The van der Waals surface area contributed by atoms with Crippen LogP contribution in [0.1, 0.15) is 29.3 Å². The molecule has 0 spiro atoms. The maximum Gasteiger partial charge on any atom is 0.338 e. The van der Waals surface area contributed by atoms with E-state index in [9.17, 15) is 4.79 Å². The minimum atomic E-state index is -0.441. The van der Waals surface area contributed by atoms with Crippen LogP contribution in [0.15, 0.2) is 29.0 Å². The van der Waals surface area contributed by atoms with Crippen molar-refractivity contribution in [3.8, 4) is 17.2 Å². The summed E-state index contributed by atoms with van der Waals surface area (Å²) < 4.78 is 21.6.